The lowest BCUT2D eigenvalue weighted by molar-refractivity contribution is 0.781. The summed E-state index contributed by atoms with van der Waals surface area (Å²) in [6.45, 7) is 8.70. The highest BCUT2D eigenvalue weighted by Gasteiger charge is 2.22. The Bertz CT molecular complexity index is 3430. The summed E-state index contributed by atoms with van der Waals surface area (Å²) in [5.74, 6) is 0.438. The lowest BCUT2D eigenvalue weighted by atomic mass is 9.80. The molecule has 0 nitrogen and oxygen atoms in total. The van der Waals surface area contributed by atoms with Gasteiger partial charge in [0, 0.05) is 5.92 Å². The summed E-state index contributed by atoms with van der Waals surface area (Å²) >= 11 is 0. The normalized spacial score (nSPS) is 14.5. The summed E-state index contributed by atoms with van der Waals surface area (Å²) in [4.78, 5) is 0. The van der Waals surface area contributed by atoms with Crippen LogP contribution < -0.4 is 0 Å². The van der Waals surface area contributed by atoms with E-state index in [1.54, 1.807) is 0 Å². The van der Waals surface area contributed by atoms with Crippen molar-refractivity contribution in [1.82, 2.24) is 0 Å². The molecule has 2 aliphatic rings. The number of fused-ring (bicyclic) bond motifs is 4. The van der Waals surface area contributed by atoms with Gasteiger partial charge in [-0.05, 0) is 167 Å². The minimum atomic E-state index is 0.438. The highest BCUT2D eigenvalue weighted by atomic mass is 14.3. The molecule has 9 aromatic rings. The van der Waals surface area contributed by atoms with Crippen LogP contribution in [0.15, 0.2) is 225 Å². The molecule has 11 rings (SSSR count). The van der Waals surface area contributed by atoms with E-state index in [1.807, 2.05) is 0 Å². The number of hydrogen-bond donors (Lipinski definition) is 0. The standard InChI is InChI=1S/C63H48/c1-41(2)55-23-10-11-24-56(55)60-39-50(29-30-52(60)35-45-18-5-4-15-42(45)3)48-21-14-22-49(36-48)51-33-34-59-61(40-51)63(54-32-28-44-17-7-9-20-47(44)38-54)58-26-13-12-25-57(58)62(59)53-31-27-43-16-6-8-19-46(43)37-53/h4-15,17-34,36-40,43H,1,16,35H2,2-3H3. The average Bonchev–Trinajstić information content (AvgIpc) is 3.33. The molecule has 0 heteroatoms. The van der Waals surface area contributed by atoms with Crippen molar-refractivity contribution in [2.45, 2.75) is 26.7 Å². The van der Waals surface area contributed by atoms with Gasteiger partial charge in [-0.1, -0.05) is 200 Å². The molecule has 0 radical (unpaired) electrons. The number of allylic oxidation sites excluding steroid dienone is 9. The fourth-order valence-corrected chi connectivity index (χ4v) is 10.1. The van der Waals surface area contributed by atoms with E-state index in [1.165, 1.54) is 116 Å². The molecule has 63 heavy (non-hydrogen) atoms. The Labute approximate surface area is 371 Å². The first-order valence-electron chi connectivity index (χ1n) is 22.2. The predicted octanol–water partition coefficient (Wildman–Crippen LogP) is 17.2. The van der Waals surface area contributed by atoms with Gasteiger partial charge in [-0.2, -0.15) is 0 Å². The van der Waals surface area contributed by atoms with E-state index in [0.29, 0.717) is 5.92 Å². The maximum absolute atomic E-state index is 4.38. The molecule has 0 aromatic heterocycles. The Hall–Kier alpha value is -7.54. The molecule has 0 fully saturated rings. The zero-order valence-corrected chi connectivity index (χ0v) is 35.9. The molecule has 0 spiro atoms. The quantitative estimate of drug-likeness (QED) is 0.134. The number of rotatable bonds is 8. The zero-order valence-electron chi connectivity index (χ0n) is 35.9. The van der Waals surface area contributed by atoms with Gasteiger partial charge >= 0.3 is 0 Å². The summed E-state index contributed by atoms with van der Waals surface area (Å²) in [6, 6.07) is 65.5. The average molecular weight is 805 g/mol. The van der Waals surface area contributed by atoms with Crippen molar-refractivity contribution in [1.29, 1.82) is 0 Å². The van der Waals surface area contributed by atoms with E-state index in [0.717, 1.165) is 18.4 Å². The second-order valence-corrected chi connectivity index (χ2v) is 17.4. The first kappa shape index (κ1) is 38.4. The van der Waals surface area contributed by atoms with Crippen molar-refractivity contribution in [2.24, 2.45) is 5.92 Å². The van der Waals surface area contributed by atoms with Crippen LogP contribution in [-0.4, -0.2) is 0 Å². The molecule has 0 saturated carbocycles. The second-order valence-electron chi connectivity index (χ2n) is 17.4. The van der Waals surface area contributed by atoms with E-state index >= 15 is 0 Å². The molecular formula is C63H48. The number of aryl methyl sites for hydroxylation is 1. The van der Waals surface area contributed by atoms with E-state index in [2.05, 4.69) is 233 Å². The van der Waals surface area contributed by atoms with Crippen LogP contribution in [0.5, 0.6) is 0 Å². The monoisotopic (exact) mass is 804 g/mol. The van der Waals surface area contributed by atoms with Gasteiger partial charge in [-0.3, -0.25) is 0 Å². The van der Waals surface area contributed by atoms with Gasteiger partial charge in [-0.15, -0.1) is 0 Å². The summed E-state index contributed by atoms with van der Waals surface area (Å²) < 4.78 is 0. The number of hydrogen-bond acceptors (Lipinski definition) is 0. The van der Waals surface area contributed by atoms with Crippen molar-refractivity contribution < 1.29 is 0 Å². The fourth-order valence-electron chi connectivity index (χ4n) is 10.1. The summed E-state index contributed by atoms with van der Waals surface area (Å²) in [6.07, 6.45) is 15.9. The van der Waals surface area contributed by atoms with Crippen LogP contribution in [0.3, 0.4) is 0 Å². The van der Waals surface area contributed by atoms with Gasteiger partial charge in [0.25, 0.3) is 0 Å². The van der Waals surface area contributed by atoms with Crippen molar-refractivity contribution in [3.05, 3.63) is 252 Å². The zero-order chi connectivity index (χ0) is 42.4. The highest BCUT2D eigenvalue weighted by Crippen LogP contribution is 2.46. The second kappa shape index (κ2) is 16.1. The predicted molar refractivity (Wildman–Crippen MR) is 272 cm³/mol. The van der Waals surface area contributed by atoms with Crippen LogP contribution in [0.1, 0.15) is 41.2 Å². The summed E-state index contributed by atoms with van der Waals surface area (Å²) in [5, 5.41) is 7.57. The SMILES string of the molecule is C=C(C)c1ccccc1-c1cc(-c2cccc(-c3ccc4c(C5=CC6=CC=CCC6C=C5)c5ccccc5c(-c5ccc6ccccc6c5)c4c3)c2)ccc1Cc1ccccc1C. The summed E-state index contributed by atoms with van der Waals surface area (Å²) in [7, 11) is 0. The van der Waals surface area contributed by atoms with Crippen LogP contribution in [-0.2, 0) is 6.42 Å². The molecule has 9 aromatic carbocycles. The third-order valence-electron chi connectivity index (χ3n) is 13.4. The molecule has 0 aliphatic heterocycles. The van der Waals surface area contributed by atoms with Crippen molar-refractivity contribution in [2.75, 3.05) is 0 Å². The van der Waals surface area contributed by atoms with E-state index in [9.17, 15) is 0 Å². The maximum Gasteiger partial charge on any atom is 0.00561 e. The molecule has 0 N–H and O–H groups in total. The molecule has 300 valence electrons. The van der Waals surface area contributed by atoms with E-state index in [-0.39, 0.29) is 0 Å². The van der Waals surface area contributed by atoms with Gasteiger partial charge in [0.1, 0.15) is 0 Å². The van der Waals surface area contributed by atoms with E-state index < -0.39 is 0 Å². The van der Waals surface area contributed by atoms with Crippen LogP contribution in [0, 0.1) is 12.8 Å². The van der Waals surface area contributed by atoms with Crippen LogP contribution in [0.4, 0.5) is 0 Å². The van der Waals surface area contributed by atoms with Crippen LogP contribution >= 0.6 is 0 Å². The topological polar surface area (TPSA) is 0 Å². The van der Waals surface area contributed by atoms with Gasteiger partial charge in [-0.25, -0.2) is 0 Å². The third kappa shape index (κ3) is 7.08. The first-order valence-corrected chi connectivity index (χ1v) is 22.2. The molecular weight excluding hydrogens is 757 g/mol. The molecule has 0 amide bonds. The third-order valence-corrected chi connectivity index (χ3v) is 13.4. The molecule has 1 atom stereocenters. The lowest BCUT2D eigenvalue weighted by Crippen LogP contribution is -2.05. The molecule has 0 bridgehead atoms. The first-order chi connectivity index (χ1) is 31.0. The Balaban J connectivity index is 1.09. The Morgan fingerprint density at radius 2 is 1.22 bits per heavy atom. The minimum Gasteiger partial charge on any atom is -0.0955 e. The lowest BCUT2D eigenvalue weighted by Gasteiger charge is -2.24. The van der Waals surface area contributed by atoms with Crippen molar-refractivity contribution in [3.8, 4) is 44.5 Å². The molecule has 0 saturated heterocycles. The Morgan fingerprint density at radius 3 is 2.06 bits per heavy atom. The highest BCUT2D eigenvalue weighted by molar-refractivity contribution is 6.20. The van der Waals surface area contributed by atoms with Gasteiger partial charge < -0.3 is 0 Å². The minimum absolute atomic E-state index is 0.438. The van der Waals surface area contributed by atoms with Crippen LogP contribution in [0.25, 0.3) is 88.0 Å². The van der Waals surface area contributed by atoms with Gasteiger partial charge in [0.2, 0.25) is 0 Å². The van der Waals surface area contributed by atoms with Gasteiger partial charge in [0.05, 0.1) is 0 Å². The number of benzene rings is 9. The van der Waals surface area contributed by atoms with Crippen molar-refractivity contribution >= 4 is 43.5 Å². The van der Waals surface area contributed by atoms with Crippen LogP contribution in [0.2, 0.25) is 0 Å². The Kier molecular flexibility index (Phi) is 9.78. The Morgan fingerprint density at radius 1 is 0.540 bits per heavy atom. The van der Waals surface area contributed by atoms with E-state index in [4.69, 9.17) is 0 Å². The maximum atomic E-state index is 4.38. The fraction of sp³-hybridized carbons (Fsp3) is 0.0794. The molecule has 0 heterocycles. The van der Waals surface area contributed by atoms with Crippen molar-refractivity contribution in [3.63, 3.8) is 0 Å². The summed E-state index contributed by atoms with van der Waals surface area (Å²) in [5.41, 5.74) is 19.9. The molecule has 2 aliphatic carbocycles. The van der Waals surface area contributed by atoms with Gasteiger partial charge in [0.15, 0.2) is 0 Å². The largest absolute Gasteiger partial charge is 0.0955 e. The molecule has 1 unspecified atom stereocenters. The smallest absolute Gasteiger partial charge is 0.00561 e.